The van der Waals surface area contributed by atoms with E-state index in [0.29, 0.717) is 0 Å². The quantitative estimate of drug-likeness (QED) is 0.838. The Labute approximate surface area is 106 Å². The van der Waals surface area contributed by atoms with Gasteiger partial charge in [0.25, 0.3) is 0 Å². The Morgan fingerprint density at radius 2 is 2.06 bits per heavy atom. The molecule has 1 aromatic carbocycles. The normalized spacial score (nSPS) is 18.6. The molecule has 0 bridgehead atoms. The molecule has 3 rings (SSSR count). The molecule has 2 nitrogen and oxygen atoms in total. The zero-order valence-electron chi connectivity index (χ0n) is 10.2. The summed E-state index contributed by atoms with van der Waals surface area (Å²) < 4.78 is 0. The molecule has 1 aromatic heterocycles. The van der Waals surface area contributed by atoms with Gasteiger partial charge in [-0.25, -0.2) is 0 Å². The smallest absolute Gasteiger partial charge is 0.0471 e. The molecular formula is C14H17ClN2. The molecule has 0 aliphatic heterocycles. The maximum atomic E-state index is 6.35. The summed E-state index contributed by atoms with van der Waals surface area (Å²) in [5.41, 5.74) is 8.75. The first-order valence-electron chi connectivity index (χ1n) is 6.00. The molecule has 3 N–H and O–H groups in total. The predicted octanol–water partition coefficient (Wildman–Crippen LogP) is 3.59. The van der Waals surface area contributed by atoms with Crippen LogP contribution in [0.15, 0.2) is 24.4 Å². The van der Waals surface area contributed by atoms with Crippen molar-refractivity contribution in [2.24, 2.45) is 5.73 Å². The highest BCUT2D eigenvalue weighted by Gasteiger charge is 2.54. The highest BCUT2D eigenvalue weighted by atomic mass is 35.5. The monoisotopic (exact) mass is 248 g/mol. The summed E-state index contributed by atoms with van der Waals surface area (Å²) in [5, 5.41) is 2.02. The first-order chi connectivity index (χ1) is 7.94. The standard InChI is InChI=1S/C14H17ClN2/c1-13(2,16)14(5-6-14)11-8-17-12-7-9(15)3-4-10(11)12/h3-4,7-8,17H,5-6,16H2,1-2H3. The second kappa shape index (κ2) is 3.27. The van der Waals surface area contributed by atoms with Gasteiger partial charge < -0.3 is 10.7 Å². The molecule has 3 heteroatoms. The van der Waals surface area contributed by atoms with Crippen LogP contribution in [0.5, 0.6) is 0 Å². The molecule has 0 amide bonds. The lowest BCUT2D eigenvalue weighted by Crippen LogP contribution is -2.45. The summed E-state index contributed by atoms with van der Waals surface area (Å²) in [6.45, 7) is 4.24. The molecule has 17 heavy (non-hydrogen) atoms. The summed E-state index contributed by atoms with van der Waals surface area (Å²) in [6, 6.07) is 6.01. The lowest BCUT2D eigenvalue weighted by molar-refractivity contribution is 0.394. The minimum atomic E-state index is -0.179. The third-order valence-electron chi connectivity index (χ3n) is 4.14. The van der Waals surface area contributed by atoms with E-state index in [2.05, 4.69) is 31.1 Å². The molecule has 0 atom stereocenters. The molecule has 1 heterocycles. The van der Waals surface area contributed by atoms with E-state index in [-0.39, 0.29) is 11.0 Å². The van der Waals surface area contributed by atoms with Crippen LogP contribution in [0.3, 0.4) is 0 Å². The molecule has 1 aliphatic rings. The van der Waals surface area contributed by atoms with Crippen molar-refractivity contribution in [1.29, 1.82) is 0 Å². The van der Waals surface area contributed by atoms with Gasteiger partial charge in [-0.05, 0) is 44.4 Å². The van der Waals surface area contributed by atoms with E-state index in [1.54, 1.807) is 0 Å². The number of halogens is 1. The molecule has 0 spiro atoms. The van der Waals surface area contributed by atoms with Gasteiger partial charge in [-0.15, -0.1) is 0 Å². The molecule has 1 aliphatic carbocycles. The minimum Gasteiger partial charge on any atom is -0.361 e. The SMILES string of the molecule is CC(C)(N)C1(c2c[nH]c3cc(Cl)ccc23)CC1. The first-order valence-corrected chi connectivity index (χ1v) is 6.38. The van der Waals surface area contributed by atoms with Crippen molar-refractivity contribution in [1.82, 2.24) is 4.98 Å². The van der Waals surface area contributed by atoms with Crippen molar-refractivity contribution >= 4 is 22.5 Å². The minimum absolute atomic E-state index is 0.138. The molecule has 0 radical (unpaired) electrons. The van der Waals surface area contributed by atoms with Crippen LogP contribution in [0, 0.1) is 0 Å². The second-order valence-corrected chi connectivity index (χ2v) is 6.13. The van der Waals surface area contributed by atoms with Gasteiger partial charge in [0.15, 0.2) is 0 Å². The van der Waals surface area contributed by atoms with Gasteiger partial charge in [-0.2, -0.15) is 0 Å². The molecule has 0 saturated heterocycles. The van der Waals surface area contributed by atoms with Crippen LogP contribution in [-0.2, 0) is 5.41 Å². The van der Waals surface area contributed by atoms with E-state index < -0.39 is 0 Å². The third kappa shape index (κ3) is 1.51. The fourth-order valence-electron chi connectivity index (χ4n) is 2.88. The third-order valence-corrected chi connectivity index (χ3v) is 4.38. The number of aromatic nitrogens is 1. The van der Waals surface area contributed by atoms with Crippen LogP contribution in [0.2, 0.25) is 5.02 Å². The van der Waals surface area contributed by atoms with E-state index in [0.717, 1.165) is 10.5 Å². The molecular weight excluding hydrogens is 232 g/mol. The van der Waals surface area contributed by atoms with Crippen molar-refractivity contribution in [2.75, 3.05) is 0 Å². The van der Waals surface area contributed by atoms with Crippen LogP contribution < -0.4 is 5.73 Å². The highest BCUT2D eigenvalue weighted by Crippen LogP contribution is 2.56. The van der Waals surface area contributed by atoms with Gasteiger partial charge in [0, 0.05) is 33.1 Å². The predicted molar refractivity (Wildman–Crippen MR) is 72.5 cm³/mol. The van der Waals surface area contributed by atoms with E-state index >= 15 is 0 Å². The Bertz CT molecular complexity index is 573. The molecule has 1 saturated carbocycles. The van der Waals surface area contributed by atoms with E-state index in [1.807, 2.05) is 12.1 Å². The summed E-state index contributed by atoms with van der Waals surface area (Å²) in [7, 11) is 0. The number of hydrogen-bond acceptors (Lipinski definition) is 1. The van der Waals surface area contributed by atoms with E-state index in [1.165, 1.54) is 23.8 Å². The Hall–Kier alpha value is -0.990. The number of aromatic amines is 1. The topological polar surface area (TPSA) is 41.8 Å². The number of nitrogens with one attached hydrogen (secondary N) is 1. The van der Waals surface area contributed by atoms with Crippen LogP contribution in [0.1, 0.15) is 32.3 Å². The molecule has 90 valence electrons. The van der Waals surface area contributed by atoms with Crippen LogP contribution in [0.4, 0.5) is 0 Å². The first kappa shape index (κ1) is 11.1. The lowest BCUT2D eigenvalue weighted by atomic mass is 9.79. The average Bonchev–Trinajstić information content (AvgIpc) is 2.94. The van der Waals surface area contributed by atoms with Crippen molar-refractivity contribution in [3.8, 4) is 0 Å². The van der Waals surface area contributed by atoms with Gasteiger partial charge in [-0.3, -0.25) is 0 Å². The summed E-state index contributed by atoms with van der Waals surface area (Å²) in [6.07, 6.45) is 4.45. The molecule has 2 aromatic rings. The van der Waals surface area contributed by atoms with Gasteiger partial charge in [0.2, 0.25) is 0 Å². The van der Waals surface area contributed by atoms with Crippen LogP contribution in [-0.4, -0.2) is 10.5 Å². The highest BCUT2D eigenvalue weighted by molar-refractivity contribution is 6.31. The van der Waals surface area contributed by atoms with Gasteiger partial charge in [0.1, 0.15) is 0 Å². The molecule has 0 unspecified atom stereocenters. The van der Waals surface area contributed by atoms with Gasteiger partial charge >= 0.3 is 0 Å². The van der Waals surface area contributed by atoms with Crippen LogP contribution >= 0.6 is 11.6 Å². The van der Waals surface area contributed by atoms with Gasteiger partial charge in [0.05, 0.1) is 0 Å². The Morgan fingerprint density at radius 1 is 1.35 bits per heavy atom. The summed E-state index contributed by atoms with van der Waals surface area (Å²) in [5.74, 6) is 0. The maximum Gasteiger partial charge on any atom is 0.0471 e. The average molecular weight is 249 g/mol. The van der Waals surface area contributed by atoms with Crippen molar-refractivity contribution in [2.45, 2.75) is 37.6 Å². The maximum absolute atomic E-state index is 6.35. The lowest BCUT2D eigenvalue weighted by Gasteiger charge is -2.30. The Morgan fingerprint density at radius 3 is 2.65 bits per heavy atom. The van der Waals surface area contributed by atoms with Gasteiger partial charge in [-0.1, -0.05) is 17.7 Å². The van der Waals surface area contributed by atoms with Crippen molar-refractivity contribution in [3.63, 3.8) is 0 Å². The number of fused-ring (bicyclic) bond motifs is 1. The van der Waals surface area contributed by atoms with E-state index in [9.17, 15) is 0 Å². The Kier molecular flexibility index (Phi) is 2.14. The fourth-order valence-corrected chi connectivity index (χ4v) is 3.05. The molecule has 1 fully saturated rings. The number of rotatable bonds is 2. The van der Waals surface area contributed by atoms with Crippen molar-refractivity contribution < 1.29 is 0 Å². The number of H-pyrrole nitrogens is 1. The zero-order chi connectivity index (χ0) is 12.3. The largest absolute Gasteiger partial charge is 0.361 e. The second-order valence-electron chi connectivity index (χ2n) is 5.70. The zero-order valence-corrected chi connectivity index (χ0v) is 10.9. The summed E-state index contributed by atoms with van der Waals surface area (Å²) >= 11 is 6.00. The fraction of sp³-hybridized carbons (Fsp3) is 0.429. The van der Waals surface area contributed by atoms with E-state index in [4.69, 9.17) is 17.3 Å². The number of hydrogen-bond donors (Lipinski definition) is 2. The van der Waals surface area contributed by atoms with Crippen LogP contribution in [0.25, 0.3) is 10.9 Å². The number of nitrogens with two attached hydrogens (primary N) is 1. The van der Waals surface area contributed by atoms with Crippen molar-refractivity contribution in [3.05, 3.63) is 35.0 Å². The Balaban J connectivity index is 2.20. The number of benzene rings is 1. The summed E-state index contributed by atoms with van der Waals surface area (Å²) in [4.78, 5) is 3.31.